The Morgan fingerprint density at radius 3 is 2.10 bits per heavy atom. The van der Waals surface area contributed by atoms with E-state index in [0.29, 0.717) is 11.4 Å². The predicted octanol–water partition coefficient (Wildman–Crippen LogP) is -0.925. The van der Waals surface area contributed by atoms with E-state index in [-0.39, 0.29) is 12.4 Å². The van der Waals surface area contributed by atoms with Gasteiger partial charge in [0.25, 0.3) is 0 Å². The number of nitrogens with zero attached hydrogens (tertiary/aromatic N) is 2. The van der Waals surface area contributed by atoms with E-state index in [0.717, 1.165) is 22.7 Å². The largest absolute Gasteiger partial charge is 1.00 e. The van der Waals surface area contributed by atoms with E-state index in [1.807, 2.05) is 56.0 Å². The average Bonchev–Trinajstić information content (AvgIpc) is 2.36. The van der Waals surface area contributed by atoms with Gasteiger partial charge in [-0.05, 0) is 36.8 Å². The van der Waals surface area contributed by atoms with Crippen molar-refractivity contribution in [3.63, 3.8) is 0 Å². The fourth-order valence-corrected chi connectivity index (χ4v) is 1.79. The van der Waals surface area contributed by atoms with E-state index in [1.54, 1.807) is 6.07 Å². The molecule has 106 valence electrons. The molecular formula is C15H19ClN4. The van der Waals surface area contributed by atoms with Gasteiger partial charge in [-0.2, -0.15) is 0 Å². The summed E-state index contributed by atoms with van der Waals surface area (Å²) in [4.78, 5) is 4.54. The topological polar surface area (TPSA) is 67.4 Å². The number of hydrogen-bond donors (Lipinski definition) is 2. The molecule has 0 atom stereocenters. The molecule has 0 saturated carbocycles. The minimum atomic E-state index is 0. The number of nitrogen functional groups attached to an aromatic ring is 2. The van der Waals surface area contributed by atoms with Gasteiger partial charge in [0.2, 0.25) is 0 Å². The summed E-state index contributed by atoms with van der Waals surface area (Å²) in [7, 11) is 4.01. The van der Waals surface area contributed by atoms with Gasteiger partial charge in [-0.15, -0.1) is 0 Å². The highest BCUT2D eigenvalue weighted by Crippen LogP contribution is 2.28. The summed E-state index contributed by atoms with van der Waals surface area (Å²) in [6, 6.07) is 3.66. The van der Waals surface area contributed by atoms with Crippen molar-refractivity contribution in [3.05, 3.63) is 42.0 Å². The molecule has 1 aliphatic rings. The Hall–Kier alpha value is -2.07. The SMILES string of the molecule is Cc1cc(N=C2C=CC(=[N+](C)C)C=C2)c(N)cc1N.[Cl-]. The van der Waals surface area contributed by atoms with Crippen molar-refractivity contribution in [1.82, 2.24) is 0 Å². The van der Waals surface area contributed by atoms with Gasteiger partial charge in [-0.3, -0.25) is 0 Å². The summed E-state index contributed by atoms with van der Waals surface area (Å²) in [5, 5.41) is 0. The van der Waals surface area contributed by atoms with E-state index in [1.165, 1.54) is 0 Å². The lowest BCUT2D eigenvalue weighted by Gasteiger charge is -2.07. The zero-order chi connectivity index (χ0) is 14.0. The van der Waals surface area contributed by atoms with E-state index in [4.69, 9.17) is 11.5 Å². The van der Waals surface area contributed by atoms with E-state index in [9.17, 15) is 0 Å². The van der Waals surface area contributed by atoms with E-state index >= 15 is 0 Å². The molecule has 0 heterocycles. The number of halogens is 1. The number of benzene rings is 1. The first-order chi connectivity index (χ1) is 8.97. The maximum atomic E-state index is 5.93. The maximum absolute atomic E-state index is 5.93. The van der Waals surface area contributed by atoms with Crippen molar-refractivity contribution in [2.24, 2.45) is 4.99 Å². The summed E-state index contributed by atoms with van der Waals surface area (Å²) >= 11 is 0. The van der Waals surface area contributed by atoms with Gasteiger partial charge >= 0.3 is 0 Å². The van der Waals surface area contributed by atoms with Gasteiger partial charge in [0, 0.05) is 17.8 Å². The van der Waals surface area contributed by atoms with Crippen LogP contribution in [0.4, 0.5) is 17.1 Å². The fourth-order valence-electron chi connectivity index (χ4n) is 1.79. The second-order valence-corrected chi connectivity index (χ2v) is 4.79. The van der Waals surface area contributed by atoms with Gasteiger partial charge < -0.3 is 23.9 Å². The van der Waals surface area contributed by atoms with Gasteiger partial charge in [-0.1, -0.05) is 0 Å². The van der Waals surface area contributed by atoms with Gasteiger partial charge in [0.15, 0.2) is 5.71 Å². The molecule has 5 heteroatoms. The van der Waals surface area contributed by atoms with Crippen LogP contribution in [-0.2, 0) is 0 Å². The molecule has 20 heavy (non-hydrogen) atoms. The van der Waals surface area contributed by atoms with Crippen LogP contribution in [0.25, 0.3) is 0 Å². The van der Waals surface area contributed by atoms with Gasteiger partial charge in [0.05, 0.1) is 17.1 Å². The van der Waals surface area contributed by atoms with Crippen molar-refractivity contribution >= 4 is 28.5 Å². The molecule has 0 bridgehead atoms. The Balaban J connectivity index is 0.00000200. The van der Waals surface area contributed by atoms with Crippen LogP contribution in [0.2, 0.25) is 0 Å². The highest BCUT2D eigenvalue weighted by Gasteiger charge is 2.07. The van der Waals surface area contributed by atoms with E-state index < -0.39 is 0 Å². The molecule has 0 aromatic heterocycles. The first-order valence-electron chi connectivity index (χ1n) is 6.12. The van der Waals surface area contributed by atoms with Crippen LogP contribution in [0.15, 0.2) is 41.4 Å². The summed E-state index contributed by atoms with van der Waals surface area (Å²) in [5.74, 6) is 0. The van der Waals surface area contributed by atoms with Crippen molar-refractivity contribution in [2.75, 3.05) is 25.6 Å². The summed E-state index contributed by atoms with van der Waals surface area (Å²) in [5.41, 5.74) is 16.8. The Kier molecular flexibility index (Phi) is 5.11. The number of rotatable bonds is 1. The average molecular weight is 291 g/mol. The third-order valence-corrected chi connectivity index (χ3v) is 3.03. The molecule has 0 fully saturated rings. The van der Waals surface area contributed by atoms with Crippen LogP contribution in [0, 0.1) is 6.92 Å². The number of nitrogens with two attached hydrogens (primary N) is 2. The van der Waals surface area contributed by atoms with Crippen LogP contribution in [0.5, 0.6) is 0 Å². The van der Waals surface area contributed by atoms with Crippen molar-refractivity contribution in [3.8, 4) is 0 Å². The van der Waals surface area contributed by atoms with Gasteiger partial charge in [0.1, 0.15) is 14.1 Å². The molecule has 0 spiro atoms. The highest BCUT2D eigenvalue weighted by atomic mass is 35.5. The molecule has 1 aliphatic carbocycles. The quantitative estimate of drug-likeness (QED) is 0.399. The summed E-state index contributed by atoms with van der Waals surface area (Å²) in [6.45, 7) is 1.95. The molecule has 1 aromatic rings. The van der Waals surface area contributed by atoms with Crippen LogP contribution >= 0.6 is 0 Å². The number of hydrogen-bond acceptors (Lipinski definition) is 3. The molecule has 4 N–H and O–H groups in total. The standard InChI is InChI=1S/C15H18N4.ClH/c1-10-8-15(14(17)9-13(10)16)18-11-4-6-12(7-5-11)19(2)3;/h4-9H,1-3H3,(H3,16,17);1H. The van der Waals surface area contributed by atoms with Crippen molar-refractivity contribution in [1.29, 1.82) is 0 Å². The Labute approximate surface area is 125 Å². The molecule has 0 saturated heterocycles. The molecule has 0 amide bonds. The monoisotopic (exact) mass is 290 g/mol. The van der Waals surface area contributed by atoms with Crippen LogP contribution in [0.1, 0.15) is 5.56 Å². The third kappa shape index (κ3) is 3.48. The molecule has 0 unspecified atom stereocenters. The number of aryl methyl sites for hydroxylation is 1. The Bertz CT molecular complexity index is 618. The smallest absolute Gasteiger partial charge is 0.199 e. The molecule has 0 aliphatic heterocycles. The van der Waals surface area contributed by atoms with E-state index in [2.05, 4.69) is 4.99 Å². The predicted molar refractivity (Wildman–Crippen MR) is 82.5 cm³/mol. The minimum absolute atomic E-state index is 0. The maximum Gasteiger partial charge on any atom is 0.199 e. The van der Waals surface area contributed by atoms with Crippen LogP contribution in [0.3, 0.4) is 0 Å². The Morgan fingerprint density at radius 1 is 0.950 bits per heavy atom. The zero-order valence-electron chi connectivity index (χ0n) is 11.9. The number of allylic oxidation sites excluding steroid dienone is 4. The lowest BCUT2D eigenvalue weighted by Crippen LogP contribution is -3.00. The fraction of sp³-hybridized carbons (Fsp3) is 0.200. The lowest BCUT2D eigenvalue weighted by molar-refractivity contribution is -0.462. The number of anilines is 2. The van der Waals surface area contributed by atoms with Gasteiger partial charge in [-0.25, -0.2) is 9.57 Å². The Morgan fingerprint density at radius 2 is 1.55 bits per heavy atom. The highest BCUT2D eigenvalue weighted by molar-refractivity contribution is 6.17. The number of aliphatic imine (C=N–C) groups is 1. The molecule has 1 aromatic carbocycles. The first kappa shape index (κ1) is 16.0. The second kappa shape index (κ2) is 6.39. The molecule has 4 nitrogen and oxygen atoms in total. The minimum Gasteiger partial charge on any atom is -1.00 e. The molecular weight excluding hydrogens is 272 g/mol. The van der Waals surface area contributed by atoms with Crippen LogP contribution < -0.4 is 23.9 Å². The van der Waals surface area contributed by atoms with Crippen molar-refractivity contribution < 1.29 is 17.0 Å². The lowest BCUT2D eigenvalue weighted by atomic mass is 10.1. The summed E-state index contributed by atoms with van der Waals surface area (Å²) in [6.07, 6.45) is 8.00. The first-order valence-corrected chi connectivity index (χ1v) is 6.12. The normalized spacial score (nSPS) is 13.2. The van der Waals surface area contributed by atoms with Crippen molar-refractivity contribution in [2.45, 2.75) is 6.92 Å². The molecule has 0 radical (unpaired) electrons. The second-order valence-electron chi connectivity index (χ2n) is 4.79. The zero-order valence-corrected chi connectivity index (χ0v) is 12.6. The van der Waals surface area contributed by atoms with Crippen LogP contribution in [-0.4, -0.2) is 30.1 Å². The summed E-state index contributed by atoms with van der Waals surface area (Å²) < 4.78 is 2.05. The third-order valence-electron chi connectivity index (χ3n) is 3.03. The molecule has 2 rings (SSSR count).